The molecular weight excluding hydrogens is 344 g/mol. The molecule has 0 spiro atoms. The molecule has 0 aliphatic carbocycles. The summed E-state index contributed by atoms with van der Waals surface area (Å²) in [5.74, 6) is -5.30. The number of ketones is 1. The third-order valence-electron chi connectivity index (χ3n) is 2.46. The van der Waals surface area contributed by atoms with E-state index in [1.807, 2.05) is 0 Å². The van der Waals surface area contributed by atoms with Gasteiger partial charge in [-0.25, -0.2) is 13.2 Å². The topological polar surface area (TPSA) is 17.1 Å². The van der Waals surface area contributed by atoms with Crippen molar-refractivity contribution in [2.24, 2.45) is 0 Å². The molecule has 0 bridgehead atoms. The van der Waals surface area contributed by atoms with Crippen LogP contribution < -0.4 is 0 Å². The van der Waals surface area contributed by atoms with E-state index in [4.69, 9.17) is 11.6 Å². The Morgan fingerprint density at radius 2 is 1.74 bits per heavy atom. The molecule has 0 saturated carbocycles. The zero-order valence-corrected chi connectivity index (χ0v) is 11.5. The summed E-state index contributed by atoms with van der Waals surface area (Å²) in [4.78, 5) is 12.0. The van der Waals surface area contributed by atoms with E-state index in [1.54, 1.807) is 0 Å². The largest absolute Gasteiger partial charge is 0.288 e. The lowest BCUT2D eigenvalue weighted by Gasteiger charge is -2.05. The van der Waals surface area contributed by atoms with Gasteiger partial charge in [0.15, 0.2) is 23.2 Å². The maximum atomic E-state index is 13.5. The SMILES string of the molecule is O=C(c1ccc(Br)c(Cl)c1)c1ccc(F)c(F)c1F. The van der Waals surface area contributed by atoms with E-state index < -0.39 is 28.8 Å². The molecule has 98 valence electrons. The van der Waals surface area contributed by atoms with Crippen molar-refractivity contribution in [1.29, 1.82) is 0 Å². The number of benzene rings is 2. The van der Waals surface area contributed by atoms with Crippen molar-refractivity contribution < 1.29 is 18.0 Å². The fourth-order valence-electron chi connectivity index (χ4n) is 1.49. The minimum Gasteiger partial charge on any atom is -0.288 e. The van der Waals surface area contributed by atoms with Crippen LogP contribution >= 0.6 is 27.5 Å². The summed E-state index contributed by atoms with van der Waals surface area (Å²) in [6.45, 7) is 0. The number of hydrogen-bond donors (Lipinski definition) is 0. The van der Waals surface area contributed by atoms with Crippen LogP contribution in [0, 0.1) is 17.5 Å². The van der Waals surface area contributed by atoms with Crippen molar-refractivity contribution in [3.05, 3.63) is 68.4 Å². The molecule has 2 aromatic rings. The highest BCUT2D eigenvalue weighted by Crippen LogP contribution is 2.25. The Bertz CT molecular complexity index is 673. The Morgan fingerprint density at radius 1 is 1.05 bits per heavy atom. The first-order valence-electron chi connectivity index (χ1n) is 5.05. The Kier molecular flexibility index (Phi) is 3.96. The number of carbonyl (C=O) groups is 1. The fourth-order valence-corrected chi connectivity index (χ4v) is 1.92. The van der Waals surface area contributed by atoms with Crippen LogP contribution in [0.15, 0.2) is 34.8 Å². The second-order valence-electron chi connectivity index (χ2n) is 3.68. The maximum absolute atomic E-state index is 13.5. The predicted octanol–water partition coefficient (Wildman–Crippen LogP) is 4.75. The summed E-state index contributed by atoms with van der Waals surface area (Å²) in [5.41, 5.74) is -0.463. The first-order chi connectivity index (χ1) is 8.91. The second kappa shape index (κ2) is 5.35. The van der Waals surface area contributed by atoms with Gasteiger partial charge >= 0.3 is 0 Å². The van der Waals surface area contributed by atoms with Gasteiger partial charge in [-0.3, -0.25) is 4.79 Å². The average Bonchev–Trinajstić information content (AvgIpc) is 2.39. The summed E-state index contributed by atoms with van der Waals surface area (Å²) >= 11 is 8.96. The van der Waals surface area contributed by atoms with Crippen LogP contribution in [-0.2, 0) is 0 Å². The van der Waals surface area contributed by atoms with E-state index in [0.29, 0.717) is 10.5 Å². The number of carbonyl (C=O) groups excluding carboxylic acids is 1. The zero-order valence-electron chi connectivity index (χ0n) is 9.18. The molecule has 0 heterocycles. The highest BCUT2D eigenvalue weighted by atomic mass is 79.9. The molecule has 19 heavy (non-hydrogen) atoms. The predicted molar refractivity (Wildman–Crippen MR) is 68.9 cm³/mol. The molecule has 1 nitrogen and oxygen atoms in total. The Labute approximate surface area is 120 Å². The van der Waals surface area contributed by atoms with Crippen molar-refractivity contribution >= 4 is 33.3 Å². The van der Waals surface area contributed by atoms with Crippen LogP contribution in [0.1, 0.15) is 15.9 Å². The van der Waals surface area contributed by atoms with Crippen LogP contribution in [0.5, 0.6) is 0 Å². The van der Waals surface area contributed by atoms with Crippen molar-refractivity contribution in [1.82, 2.24) is 0 Å². The molecular formula is C13H5BrClF3O. The lowest BCUT2D eigenvalue weighted by Crippen LogP contribution is -2.07. The molecule has 0 aromatic heterocycles. The van der Waals surface area contributed by atoms with Gasteiger partial charge in [0.2, 0.25) is 0 Å². The van der Waals surface area contributed by atoms with Gasteiger partial charge in [-0.15, -0.1) is 0 Å². The van der Waals surface area contributed by atoms with Crippen molar-refractivity contribution in [3.8, 4) is 0 Å². The van der Waals surface area contributed by atoms with E-state index in [0.717, 1.165) is 6.07 Å². The molecule has 0 N–H and O–H groups in total. The average molecular weight is 350 g/mol. The summed E-state index contributed by atoms with van der Waals surface area (Å²) in [5, 5.41) is 0.258. The highest BCUT2D eigenvalue weighted by molar-refractivity contribution is 9.10. The molecule has 0 aliphatic rings. The molecule has 2 aromatic carbocycles. The second-order valence-corrected chi connectivity index (χ2v) is 4.94. The monoisotopic (exact) mass is 348 g/mol. The Balaban J connectivity index is 2.50. The highest BCUT2D eigenvalue weighted by Gasteiger charge is 2.20. The van der Waals surface area contributed by atoms with Gasteiger partial charge in [0.25, 0.3) is 0 Å². The fraction of sp³-hybridized carbons (Fsp3) is 0. The van der Waals surface area contributed by atoms with E-state index in [1.165, 1.54) is 18.2 Å². The molecule has 0 fully saturated rings. The minimum absolute atomic E-state index is 0.0816. The van der Waals surface area contributed by atoms with Crippen molar-refractivity contribution in [2.75, 3.05) is 0 Å². The van der Waals surface area contributed by atoms with E-state index >= 15 is 0 Å². The summed E-state index contributed by atoms with van der Waals surface area (Å²) in [6, 6.07) is 5.82. The number of rotatable bonds is 2. The zero-order chi connectivity index (χ0) is 14.2. The molecule has 0 unspecified atom stereocenters. The summed E-state index contributed by atoms with van der Waals surface area (Å²) in [6.07, 6.45) is 0. The molecule has 0 amide bonds. The molecule has 0 saturated heterocycles. The van der Waals surface area contributed by atoms with Crippen molar-refractivity contribution in [2.45, 2.75) is 0 Å². The first kappa shape index (κ1) is 14.1. The first-order valence-corrected chi connectivity index (χ1v) is 6.22. The van der Waals surface area contributed by atoms with Crippen LogP contribution in [-0.4, -0.2) is 5.78 Å². The van der Waals surface area contributed by atoms with Gasteiger partial charge in [-0.1, -0.05) is 11.6 Å². The molecule has 0 aliphatic heterocycles. The normalized spacial score (nSPS) is 10.6. The standard InChI is InChI=1S/C13H5BrClF3O/c14-8-3-1-6(5-9(8)15)13(19)7-2-4-10(16)12(18)11(7)17/h1-5H. The number of hydrogen-bond acceptors (Lipinski definition) is 1. The third kappa shape index (κ3) is 2.67. The Hall–Kier alpha value is -1.33. The van der Waals surface area contributed by atoms with E-state index in [-0.39, 0.29) is 10.6 Å². The lowest BCUT2D eigenvalue weighted by molar-refractivity contribution is 0.103. The van der Waals surface area contributed by atoms with Gasteiger partial charge in [0.1, 0.15) is 0 Å². The van der Waals surface area contributed by atoms with Gasteiger partial charge in [0.05, 0.1) is 10.6 Å². The van der Waals surface area contributed by atoms with Gasteiger partial charge in [-0.05, 0) is 46.3 Å². The van der Waals surface area contributed by atoms with Crippen LogP contribution in [0.3, 0.4) is 0 Å². The third-order valence-corrected chi connectivity index (χ3v) is 3.69. The quantitative estimate of drug-likeness (QED) is 0.565. The van der Waals surface area contributed by atoms with Crippen LogP contribution in [0.2, 0.25) is 5.02 Å². The minimum atomic E-state index is -1.67. The maximum Gasteiger partial charge on any atom is 0.196 e. The van der Waals surface area contributed by atoms with Crippen molar-refractivity contribution in [3.63, 3.8) is 0 Å². The smallest absolute Gasteiger partial charge is 0.196 e. The molecule has 0 radical (unpaired) electrons. The van der Waals surface area contributed by atoms with Gasteiger partial charge in [-0.2, -0.15) is 0 Å². The van der Waals surface area contributed by atoms with E-state index in [9.17, 15) is 18.0 Å². The Morgan fingerprint density at radius 3 is 2.37 bits per heavy atom. The molecule has 0 atom stereocenters. The van der Waals surface area contributed by atoms with Crippen LogP contribution in [0.4, 0.5) is 13.2 Å². The van der Waals surface area contributed by atoms with Gasteiger partial charge in [0, 0.05) is 10.0 Å². The van der Waals surface area contributed by atoms with Gasteiger partial charge < -0.3 is 0 Å². The van der Waals surface area contributed by atoms with E-state index in [2.05, 4.69) is 15.9 Å². The summed E-state index contributed by atoms with van der Waals surface area (Å²) < 4.78 is 39.9. The molecule has 2 rings (SSSR count). The van der Waals surface area contributed by atoms with Crippen LogP contribution in [0.25, 0.3) is 0 Å². The number of halogens is 5. The molecule has 6 heteroatoms. The summed E-state index contributed by atoms with van der Waals surface area (Å²) in [7, 11) is 0. The lowest BCUT2D eigenvalue weighted by atomic mass is 10.0.